The Hall–Kier alpha value is -3.65. The standard InChI is InChI=1S/C24H23N7O/c1-30-23(26-14-27-30)21-18(16-8-6-15(7-9-16)13-31-10-3-11-31)12-25-19-5-2-4-17-20(19)22(21)28-29-24(17)32/h2,4-9,12,14,18,21H,3,10-11,13H2,1H3,(H,29,32). The van der Waals surface area contributed by atoms with E-state index < -0.39 is 0 Å². The highest BCUT2D eigenvalue weighted by molar-refractivity contribution is 5.97. The van der Waals surface area contributed by atoms with E-state index in [0.717, 1.165) is 34.7 Å². The van der Waals surface area contributed by atoms with Crippen molar-refractivity contribution in [1.29, 1.82) is 0 Å². The van der Waals surface area contributed by atoms with Crippen molar-refractivity contribution < 1.29 is 0 Å². The van der Waals surface area contributed by atoms with Crippen LogP contribution in [-0.4, -0.2) is 49.2 Å². The van der Waals surface area contributed by atoms with E-state index in [1.54, 1.807) is 11.0 Å². The van der Waals surface area contributed by atoms with Crippen LogP contribution in [0.4, 0.5) is 5.69 Å². The molecule has 0 spiro atoms. The van der Waals surface area contributed by atoms with Gasteiger partial charge in [-0.25, -0.2) is 10.1 Å². The first-order valence-electron chi connectivity index (χ1n) is 10.9. The monoisotopic (exact) mass is 425 g/mol. The summed E-state index contributed by atoms with van der Waals surface area (Å²) in [7, 11) is 1.88. The van der Waals surface area contributed by atoms with Gasteiger partial charge in [0.1, 0.15) is 12.2 Å². The van der Waals surface area contributed by atoms with Gasteiger partial charge in [0.05, 0.1) is 22.7 Å². The molecular weight excluding hydrogens is 402 g/mol. The predicted octanol–water partition coefficient (Wildman–Crippen LogP) is 2.89. The van der Waals surface area contributed by atoms with Crippen LogP contribution in [0.5, 0.6) is 0 Å². The van der Waals surface area contributed by atoms with Crippen LogP contribution in [0.15, 0.2) is 58.6 Å². The van der Waals surface area contributed by atoms with Crippen LogP contribution >= 0.6 is 0 Å². The molecule has 2 atom stereocenters. The molecule has 2 aliphatic heterocycles. The molecule has 6 rings (SSSR count). The zero-order chi connectivity index (χ0) is 21.7. The van der Waals surface area contributed by atoms with Crippen LogP contribution in [0.25, 0.3) is 10.8 Å². The first kappa shape index (κ1) is 19.1. The Morgan fingerprint density at radius 1 is 1.12 bits per heavy atom. The molecule has 1 saturated heterocycles. The van der Waals surface area contributed by atoms with Crippen molar-refractivity contribution in [3.05, 3.63) is 81.8 Å². The van der Waals surface area contributed by atoms with Gasteiger partial charge in [-0.3, -0.25) is 19.4 Å². The maximum absolute atomic E-state index is 12.5. The van der Waals surface area contributed by atoms with E-state index in [9.17, 15) is 4.79 Å². The summed E-state index contributed by atoms with van der Waals surface area (Å²) >= 11 is 0. The Balaban J connectivity index is 1.51. The summed E-state index contributed by atoms with van der Waals surface area (Å²) in [6.07, 6.45) is 4.81. The third-order valence-corrected chi connectivity index (χ3v) is 6.59. The molecule has 4 aromatic rings. The summed E-state index contributed by atoms with van der Waals surface area (Å²) in [6.45, 7) is 3.34. The number of H-pyrrole nitrogens is 1. The molecule has 2 aromatic heterocycles. The molecule has 0 radical (unpaired) electrons. The fraction of sp³-hybridized carbons (Fsp3) is 0.292. The fourth-order valence-electron chi connectivity index (χ4n) is 4.77. The molecule has 8 nitrogen and oxygen atoms in total. The molecule has 32 heavy (non-hydrogen) atoms. The van der Waals surface area contributed by atoms with E-state index >= 15 is 0 Å². The Kier molecular flexibility index (Phi) is 4.46. The van der Waals surface area contributed by atoms with E-state index in [1.165, 1.54) is 25.1 Å². The van der Waals surface area contributed by atoms with Crippen molar-refractivity contribution in [2.24, 2.45) is 12.0 Å². The minimum absolute atomic E-state index is 0.107. The van der Waals surface area contributed by atoms with Gasteiger partial charge in [-0.05, 0) is 42.8 Å². The van der Waals surface area contributed by atoms with E-state index in [0.29, 0.717) is 5.39 Å². The van der Waals surface area contributed by atoms with Crippen LogP contribution in [0, 0.1) is 0 Å². The maximum atomic E-state index is 12.5. The second kappa shape index (κ2) is 7.49. The van der Waals surface area contributed by atoms with Crippen LogP contribution in [0.2, 0.25) is 0 Å². The summed E-state index contributed by atoms with van der Waals surface area (Å²) in [4.78, 5) is 24.3. The van der Waals surface area contributed by atoms with Gasteiger partial charge in [-0.2, -0.15) is 10.2 Å². The Bertz CT molecular complexity index is 1380. The van der Waals surface area contributed by atoms with Crippen LogP contribution in [0.1, 0.15) is 40.9 Å². The predicted molar refractivity (Wildman–Crippen MR) is 122 cm³/mol. The highest BCUT2D eigenvalue weighted by Gasteiger charge is 2.34. The minimum Gasteiger partial charge on any atom is -0.299 e. The number of aromatic nitrogens is 5. The van der Waals surface area contributed by atoms with Crippen LogP contribution < -0.4 is 5.56 Å². The van der Waals surface area contributed by atoms with Gasteiger partial charge in [0.25, 0.3) is 5.56 Å². The normalized spacial score (nSPS) is 20.3. The molecule has 2 aromatic carbocycles. The van der Waals surface area contributed by atoms with Gasteiger partial charge in [0.15, 0.2) is 0 Å². The molecule has 2 unspecified atom stereocenters. The summed E-state index contributed by atoms with van der Waals surface area (Å²) in [5, 5.41) is 12.9. The number of aliphatic imine (C=N–C) groups is 1. The number of aryl methyl sites for hydroxylation is 1. The topological polar surface area (TPSA) is 92.1 Å². The molecule has 4 heterocycles. The van der Waals surface area contributed by atoms with Crippen molar-refractivity contribution in [3.8, 4) is 0 Å². The fourth-order valence-corrected chi connectivity index (χ4v) is 4.77. The molecule has 2 aliphatic rings. The molecule has 0 saturated carbocycles. The summed E-state index contributed by atoms with van der Waals surface area (Å²) in [5.41, 5.74) is 3.73. The second-order valence-corrected chi connectivity index (χ2v) is 8.53. The summed E-state index contributed by atoms with van der Waals surface area (Å²) < 4.78 is 1.77. The molecule has 0 amide bonds. The lowest BCUT2D eigenvalue weighted by atomic mass is 9.82. The third-order valence-electron chi connectivity index (χ3n) is 6.59. The van der Waals surface area contributed by atoms with Crippen molar-refractivity contribution in [2.45, 2.75) is 24.8 Å². The number of benzene rings is 2. The van der Waals surface area contributed by atoms with Gasteiger partial charge >= 0.3 is 0 Å². The highest BCUT2D eigenvalue weighted by atomic mass is 16.1. The zero-order valence-corrected chi connectivity index (χ0v) is 17.8. The number of rotatable bonds is 4. The quantitative estimate of drug-likeness (QED) is 0.543. The second-order valence-electron chi connectivity index (χ2n) is 8.53. The van der Waals surface area contributed by atoms with Crippen molar-refractivity contribution >= 4 is 22.7 Å². The number of hydrogen-bond donors (Lipinski definition) is 1. The number of likely N-dealkylation sites (tertiary alicyclic amines) is 1. The molecular formula is C24H23N7O. The third kappa shape index (κ3) is 3.06. The molecule has 1 fully saturated rings. The lowest BCUT2D eigenvalue weighted by molar-refractivity contribution is 0.172. The van der Waals surface area contributed by atoms with E-state index in [-0.39, 0.29) is 17.4 Å². The average molecular weight is 425 g/mol. The molecule has 1 N–H and O–H groups in total. The largest absolute Gasteiger partial charge is 0.299 e. The van der Waals surface area contributed by atoms with Crippen LogP contribution in [0.3, 0.4) is 0 Å². The van der Waals surface area contributed by atoms with E-state index in [4.69, 9.17) is 4.99 Å². The summed E-state index contributed by atoms with van der Waals surface area (Å²) in [6, 6.07) is 14.3. The highest BCUT2D eigenvalue weighted by Crippen LogP contribution is 2.42. The van der Waals surface area contributed by atoms with Gasteiger partial charge in [0.2, 0.25) is 0 Å². The Morgan fingerprint density at radius 3 is 2.69 bits per heavy atom. The molecule has 160 valence electrons. The lowest BCUT2D eigenvalue weighted by Crippen LogP contribution is -2.36. The maximum Gasteiger partial charge on any atom is 0.272 e. The smallest absolute Gasteiger partial charge is 0.272 e. The van der Waals surface area contributed by atoms with Crippen LogP contribution in [-0.2, 0) is 13.6 Å². The van der Waals surface area contributed by atoms with E-state index in [2.05, 4.69) is 49.4 Å². The molecule has 0 bridgehead atoms. The number of nitrogens with one attached hydrogen (secondary N) is 1. The van der Waals surface area contributed by atoms with Gasteiger partial charge < -0.3 is 0 Å². The number of aromatic amines is 1. The van der Waals surface area contributed by atoms with Gasteiger partial charge in [-0.15, -0.1) is 0 Å². The zero-order valence-electron chi connectivity index (χ0n) is 17.8. The Morgan fingerprint density at radius 2 is 1.97 bits per heavy atom. The summed E-state index contributed by atoms with van der Waals surface area (Å²) in [5.74, 6) is 0.434. The van der Waals surface area contributed by atoms with E-state index in [1.807, 2.05) is 31.5 Å². The van der Waals surface area contributed by atoms with Crippen molar-refractivity contribution in [1.82, 2.24) is 29.9 Å². The lowest BCUT2D eigenvalue weighted by Gasteiger charge is -2.30. The molecule has 0 aliphatic carbocycles. The minimum atomic E-state index is -0.240. The van der Waals surface area contributed by atoms with Gasteiger partial charge in [-0.1, -0.05) is 30.3 Å². The first-order valence-corrected chi connectivity index (χ1v) is 10.9. The number of nitrogens with zero attached hydrogens (tertiary/aromatic N) is 6. The van der Waals surface area contributed by atoms with Crippen molar-refractivity contribution in [2.75, 3.05) is 13.1 Å². The SMILES string of the molecule is Cn1ncnc1C1c2n[nH]c(=O)c3cccc(c23)N=CC1c1ccc(CN2CCC2)cc1. The Labute approximate surface area is 184 Å². The van der Waals surface area contributed by atoms with Crippen molar-refractivity contribution in [3.63, 3.8) is 0 Å². The number of hydrogen-bond acceptors (Lipinski definition) is 6. The average Bonchev–Trinajstić information content (AvgIpc) is 3.13. The molecule has 8 heteroatoms. The van der Waals surface area contributed by atoms with Gasteiger partial charge in [0, 0.05) is 31.1 Å². The first-order chi connectivity index (χ1) is 15.7.